The van der Waals surface area contributed by atoms with Gasteiger partial charge in [-0.1, -0.05) is 6.07 Å². The number of amides is 1. The first-order valence-electron chi connectivity index (χ1n) is 6.80. The molecule has 0 aliphatic carbocycles. The summed E-state index contributed by atoms with van der Waals surface area (Å²) in [6.45, 7) is 3.24. The van der Waals surface area contributed by atoms with Gasteiger partial charge in [-0.2, -0.15) is 18.3 Å². The maximum atomic E-state index is 12.8. The Kier molecular flexibility index (Phi) is 4.74. The van der Waals surface area contributed by atoms with Crippen LogP contribution < -0.4 is 5.32 Å². The Bertz CT molecular complexity index is 710. The molecule has 5 nitrogen and oxygen atoms in total. The summed E-state index contributed by atoms with van der Waals surface area (Å²) >= 11 is 0. The number of ether oxygens (including phenoxy) is 1. The van der Waals surface area contributed by atoms with E-state index in [1.807, 2.05) is 0 Å². The van der Waals surface area contributed by atoms with Crippen LogP contribution in [0, 0.1) is 6.92 Å². The Hall–Kier alpha value is -2.35. The molecule has 2 rings (SSSR count). The molecule has 0 saturated carbocycles. The van der Waals surface area contributed by atoms with Crippen LogP contribution in [0.2, 0.25) is 0 Å². The summed E-state index contributed by atoms with van der Waals surface area (Å²) in [5.41, 5.74) is -0.0261. The number of alkyl halides is 3. The molecule has 1 heterocycles. The number of carbonyl (C=O) groups is 1. The Morgan fingerprint density at radius 3 is 2.65 bits per heavy atom. The lowest BCUT2D eigenvalue weighted by molar-refractivity contribution is -0.137. The first-order chi connectivity index (χ1) is 10.7. The van der Waals surface area contributed by atoms with E-state index in [1.165, 1.54) is 23.9 Å². The highest BCUT2D eigenvalue weighted by molar-refractivity contribution is 5.93. The van der Waals surface area contributed by atoms with Gasteiger partial charge in [-0.25, -0.2) is 4.68 Å². The fourth-order valence-electron chi connectivity index (χ4n) is 1.93. The number of halogens is 3. The molecule has 0 aliphatic heterocycles. The number of nitrogens with zero attached hydrogens (tertiary/aromatic N) is 2. The minimum Gasteiger partial charge on any atom is -0.372 e. The van der Waals surface area contributed by atoms with Gasteiger partial charge in [-0.05, 0) is 32.0 Å². The summed E-state index contributed by atoms with van der Waals surface area (Å²) in [6, 6.07) is 6.29. The average Bonchev–Trinajstić information content (AvgIpc) is 2.86. The highest BCUT2D eigenvalue weighted by Gasteiger charge is 2.30. The predicted molar refractivity (Wildman–Crippen MR) is 78.4 cm³/mol. The van der Waals surface area contributed by atoms with E-state index in [-0.39, 0.29) is 11.5 Å². The lowest BCUT2D eigenvalue weighted by Gasteiger charge is -2.13. The van der Waals surface area contributed by atoms with Gasteiger partial charge in [0, 0.05) is 13.2 Å². The molecule has 1 amide bonds. The number of methoxy groups -OCH3 is 1. The number of aromatic nitrogens is 2. The summed E-state index contributed by atoms with van der Waals surface area (Å²) in [4.78, 5) is 11.9. The van der Waals surface area contributed by atoms with Crippen molar-refractivity contribution in [3.05, 3.63) is 41.6 Å². The number of nitrogens with one attached hydrogen (secondary N) is 1. The molecule has 0 fully saturated rings. The molecule has 0 bridgehead atoms. The van der Waals surface area contributed by atoms with E-state index in [2.05, 4.69) is 10.4 Å². The van der Waals surface area contributed by atoms with Crippen molar-refractivity contribution in [1.29, 1.82) is 0 Å². The largest absolute Gasteiger partial charge is 0.416 e. The van der Waals surface area contributed by atoms with E-state index in [0.717, 1.165) is 12.1 Å². The quantitative estimate of drug-likeness (QED) is 0.938. The zero-order chi connectivity index (χ0) is 17.2. The molecule has 1 N–H and O–H groups in total. The van der Waals surface area contributed by atoms with Crippen molar-refractivity contribution in [2.24, 2.45) is 0 Å². The fourth-order valence-corrected chi connectivity index (χ4v) is 1.93. The number of anilines is 1. The van der Waals surface area contributed by atoms with Crippen molar-refractivity contribution in [2.45, 2.75) is 26.1 Å². The zero-order valence-electron chi connectivity index (χ0n) is 12.8. The Morgan fingerprint density at radius 1 is 1.35 bits per heavy atom. The normalized spacial score (nSPS) is 13.0. The second kappa shape index (κ2) is 6.41. The van der Waals surface area contributed by atoms with Gasteiger partial charge in [-0.3, -0.25) is 4.79 Å². The molecule has 2 aromatic rings. The molecule has 0 aliphatic rings. The molecule has 1 unspecified atom stereocenters. The number of hydrogen-bond acceptors (Lipinski definition) is 3. The standard InChI is InChI=1S/C15H16F3N3O2/c1-9-7-13(19-14(22)10(2)23-3)21(20-9)12-6-4-5-11(8-12)15(16,17)18/h4-8,10H,1-3H3,(H,19,22). The molecule has 8 heteroatoms. The van der Waals surface area contributed by atoms with Crippen LogP contribution in [0.4, 0.5) is 19.0 Å². The third-order valence-corrected chi connectivity index (χ3v) is 3.22. The summed E-state index contributed by atoms with van der Waals surface area (Å²) in [5.74, 6) is -0.142. The van der Waals surface area contributed by atoms with Crippen LogP contribution in [0.3, 0.4) is 0 Å². The van der Waals surface area contributed by atoms with Gasteiger partial charge < -0.3 is 10.1 Å². The van der Waals surface area contributed by atoms with Gasteiger partial charge in [0.2, 0.25) is 0 Å². The van der Waals surface area contributed by atoms with Gasteiger partial charge >= 0.3 is 6.18 Å². The fraction of sp³-hybridized carbons (Fsp3) is 0.333. The minimum absolute atomic E-state index is 0.202. The van der Waals surface area contributed by atoms with Gasteiger partial charge in [0.1, 0.15) is 11.9 Å². The maximum absolute atomic E-state index is 12.8. The Morgan fingerprint density at radius 2 is 2.04 bits per heavy atom. The zero-order valence-corrected chi connectivity index (χ0v) is 12.8. The first-order valence-corrected chi connectivity index (χ1v) is 6.80. The Labute approximate surface area is 131 Å². The van der Waals surface area contributed by atoms with E-state index in [0.29, 0.717) is 5.69 Å². The van der Waals surface area contributed by atoms with Crippen molar-refractivity contribution >= 4 is 11.7 Å². The second-order valence-corrected chi connectivity index (χ2v) is 5.00. The molecule has 124 valence electrons. The van der Waals surface area contributed by atoms with Crippen LogP contribution in [0.25, 0.3) is 5.69 Å². The van der Waals surface area contributed by atoms with Gasteiger partial charge in [0.15, 0.2) is 0 Å². The molecule has 1 aromatic heterocycles. The van der Waals surface area contributed by atoms with Crippen molar-refractivity contribution < 1.29 is 22.7 Å². The van der Waals surface area contributed by atoms with Gasteiger partial charge in [0.25, 0.3) is 5.91 Å². The third-order valence-electron chi connectivity index (χ3n) is 3.22. The molecule has 0 spiro atoms. The summed E-state index contributed by atoms with van der Waals surface area (Å²) in [7, 11) is 1.39. The van der Waals surface area contributed by atoms with E-state index in [4.69, 9.17) is 4.74 Å². The van der Waals surface area contributed by atoms with Crippen LogP contribution >= 0.6 is 0 Å². The molecule has 23 heavy (non-hydrogen) atoms. The van der Waals surface area contributed by atoms with Crippen molar-refractivity contribution in [1.82, 2.24) is 9.78 Å². The van der Waals surface area contributed by atoms with Crippen LogP contribution in [0.15, 0.2) is 30.3 Å². The molecule has 0 saturated heterocycles. The highest BCUT2D eigenvalue weighted by atomic mass is 19.4. The first kappa shape index (κ1) is 17.0. The molecular weight excluding hydrogens is 311 g/mol. The van der Waals surface area contributed by atoms with E-state index >= 15 is 0 Å². The molecule has 1 aromatic carbocycles. The van der Waals surface area contributed by atoms with Crippen molar-refractivity contribution in [3.63, 3.8) is 0 Å². The van der Waals surface area contributed by atoms with E-state index in [9.17, 15) is 18.0 Å². The van der Waals surface area contributed by atoms with Crippen LogP contribution in [-0.2, 0) is 15.7 Å². The highest BCUT2D eigenvalue weighted by Crippen LogP contribution is 2.31. The third kappa shape index (κ3) is 3.89. The molecule has 1 atom stereocenters. The van der Waals surface area contributed by atoms with E-state index in [1.54, 1.807) is 19.9 Å². The lowest BCUT2D eigenvalue weighted by Crippen LogP contribution is -2.27. The number of carbonyl (C=O) groups excluding carboxylic acids is 1. The maximum Gasteiger partial charge on any atom is 0.416 e. The monoisotopic (exact) mass is 327 g/mol. The van der Waals surface area contributed by atoms with Crippen molar-refractivity contribution in [2.75, 3.05) is 12.4 Å². The van der Waals surface area contributed by atoms with Gasteiger partial charge in [-0.15, -0.1) is 0 Å². The average molecular weight is 327 g/mol. The Balaban J connectivity index is 2.39. The SMILES string of the molecule is COC(C)C(=O)Nc1cc(C)nn1-c1cccc(C(F)(F)F)c1. The van der Waals surface area contributed by atoms with Gasteiger partial charge in [0.05, 0.1) is 16.9 Å². The van der Waals surface area contributed by atoms with Crippen LogP contribution in [0.1, 0.15) is 18.2 Å². The van der Waals surface area contributed by atoms with Crippen LogP contribution in [0.5, 0.6) is 0 Å². The predicted octanol–water partition coefficient (Wildman–Crippen LogP) is 3.17. The topological polar surface area (TPSA) is 56.1 Å². The summed E-state index contributed by atoms with van der Waals surface area (Å²) in [5, 5.41) is 6.73. The minimum atomic E-state index is -4.45. The molecular formula is C15H16F3N3O2. The smallest absolute Gasteiger partial charge is 0.372 e. The summed E-state index contributed by atoms with van der Waals surface area (Å²) in [6.07, 6.45) is -5.15. The van der Waals surface area contributed by atoms with E-state index < -0.39 is 23.8 Å². The molecule has 0 radical (unpaired) electrons. The van der Waals surface area contributed by atoms with Crippen LogP contribution in [-0.4, -0.2) is 28.9 Å². The number of aryl methyl sites for hydroxylation is 1. The number of rotatable bonds is 4. The second-order valence-electron chi connectivity index (χ2n) is 5.00. The lowest BCUT2D eigenvalue weighted by atomic mass is 10.2. The van der Waals surface area contributed by atoms with Crippen molar-refractivity contribution in [3.8, 4) is 5.69 Å². The number of benzene rings is 1. The summed E-state index contributed by atoms with van der Waals surface area (Å²) < 4.78 is 44.7. The number of hydrogen-bond donors (Lipinski definition) is 1.